The Balaban J connectivity index is 1.38. The molecule has 7 nitrogen and oxygen atoms in total. The molecule has 3 aliphatic rings. The number of aromatic amines is 1. The maximum atomic E-state index is 12.6. The van der Waals surface area contributed by atoms with Gasteiger partial charge in [0.05, 0.1) is 17.8 Å². The highest BCUT2D eigenvalue weighted by Gasteiger charge is 2.27. The van der Waals surface area contributed by atoms with Crippen LogP contribution in [0.1, 0.15) is 56.7 Å². The molecule has 3 heterocycles. The van der Waals surface area contributed by atoms with E-state index in [1.807, 2.05) is 0 Å². The lowest BCUT2D eigenvalue weighted by atomic mass is 9.86. The van der Waals surface area contributed by atoms with Crippen LogP contribution in [0.15, 0.2) is 4.79 Å². The van der Waals surface area contributed by atoms with Crippen molar-refractivity contribution in [2.24, 2.45) is 5.92 Å². The molecule has 0 spiro atoms. The molecule has 0 bridgehead atoms. The summed E-state index contributed by atoms with van der Waals surface area (Å²) in [5, 5.41) is 3.21. The second-order valence-corrected chi connectivity index (χ2v) is 8.41. The molecule has 7 heteroatoms. The topological polar surface area (TPSA) is 81.3 Å². The third kappa shape index (κ3) is 4.18. The van der Waals surface area contributed by atoms with Gasteiger partial charge in [-0.1, -0.05) is 19.8 Å². The van der Waals surface area contributed by atoms with E-state index in [0.717, 1.165) is 56.6 Å². The van der Waals surface area contributed by atoms with Crippen LogP contribution in [0.2, 0.25) is 0 Å². The summed E-state index contributed by atoms with van der Waals surface area (Å²) >= 11 is 0. The number of nitrogens with one attached hydrogen (secondary N) is 2. The van der Waals surface area contributed by atoms with Crippen LogP contribution in [0.3, 0.4) is 0 Å². The third-order valence-electron chi connectivity index (χ3n) is 6.37. The zero-order valence-electron chi connectivity index (χ0n) is 16.3. The summed E-state index contributed by atoms with van der Waals surface area (Å²) in [6.07, 6.45) is 7.79. The summed E-state index contributed by atoms with van der Waals surface area (Å²) in [6, 6.07) is 0.302. The maximum absolute atomic E-state index is 12.6. The molecule has 0 radical (unpaired) electrons. The Morgan fingerprint density at radius 3 is 2.74 bits per heavy atom. The van der Waals surface area contributed by atoms with Gasteiger partial charge in [0.2, 0.25) is 11.9 Å². The van der Waals surface area contributed by atoms with Gasteiger partial charge in [0.1, 0.15) is 0 Å². The van der Waals surface area contributed by atoms with Crippen LogP contribution in [0.5, 0.6) is 0 Å². The minimum absolute atomic E-state index is 0.0482. The smallest absolute Gasteiger partial charge is 0.257 e. The summed E-state index contributed by atoms with van der Waals surface area (Å²) in [7, 11) is 0. The number of fused-ring (bicyclic) bond motifs is 1. The zero-order chi connectivity index (χ0) is 18.8. The minimum atomic E-state index is -0.0482. The summed E-state index contributed by atoms with van der Waals surface area (Å²) in [4.78, 5) is 37.0. The first-order chi connectivity index (χ1) is 13.1. The lowest BCUT2D eigenvalue weighted by Crippen LogP contribution is -2.47. The number of H-pyrrole nitrogens is 1. The van der Waals surface area contributed by atoms with E-state index in [4.69, 9.17) is 4.98 Å². The number of carbonyl (C=O) groups excluding carboxylic acids is 1. The van der Waals surface area contributed by atoms with Gasteiger partial charge < -0.3 is 10.2 Å². The fourth-order valence-electron chi connectivity index (χ4n) is 4.67. The second-order valence-electron chi connectivity index (χ2n) is 8.41. The largest absolute Gasteiger partial charge is 0.352 e. The summed E-state index contributed by atoms with van der Waals surface area (Å²) in [6.45, 7) is 5.80. The number of rotatable bonds is 4. The van der Waals surface area contributed by atoms with E-state index in [2.05, 4.69) is 27.0 Å². The van der Waals surface area contributed by atoms with E-state index in [1.54, 1.807) is 0 Å². The lowest BCUT2D eigenvalue weighted by molar-refractivity contribution is -0.123. The van der Waals surface area contributed by atoms with Crippen LogP contribution in [-0.4, -0.2) is 53.0 Å². The fourth-order valence-corrected chi connectivity index (χ4v) is 4.67. The van der Waals surface area contributed by atoms with Crippen molar-refractivity contribution in [1.82, 2.24) is 20.2 Å². The number of hydrogen-bond donors (Lipinski definition) is 2. The maximum Gasteiger partial charge on any atom is 0.257 e. The van der Waals surface area contributed by atoms with Gasteiger partial charge in [0, 0.05) is 38.6 Å². The second kappa shape index (κ2) is 8.00. The summed E-state index contributed by atoms with van der Waals surface area (Å²) in [5.74, 6) is 1.35. The van der Waals surface area contributed by atoms with Crippen molar-refractivity contribution in [3.05, 3.63) is 21.6 Å². The Hall–Kier alpha value is -1.89. The molecule has 2 atom stereocenters. The fraction of sp³-hybridized carbons (Fsp3) is 0.750. The normalized spacial score (nSPS) is 26.0. The Kier molecular flexibility index (Phi) is 5.48. The van der Waals surface area contributed by atoms with Crippen LogP contribution in [0.25, 0.3) is 0 Å². The van der Waals surface area contributed by atoms with Crippen molar-refractivity contribution in [2.75, 3.05) is 31.1 Å². The molecule has 2 aliphatic heterocycles. The number of carbonyl (C=O) groups is 1. The molecule has 2 fully saturated rings. The first-order valence-corrected chi connectivity index (χ1v) is 10.5. The summed E-state index contributed by atoms with van der Waals surface area (Å²) < 4.78 is 0. The van der Waals surface area contributed by atoms with Crippen molar-refractivity contribution in [1.29, 1.82) is 0 Å². The van der Waals surface area contributed by atoms with Crippen LogP contribution in [-0.2, 0) is 17.8 Å². The lowest BCUT2D eigenvalue weighted by Gasteiger charge is -2.32. The molecule has 1 saturated heterocycles. The molecule has 4 rings (SSSR count). The molecular formula is C20H31N5O2. The van der Waals surface area contributed by atoms with Gasteiger partial charge in [-0.25, -0.2) is 4.98 Å². The zero-order valence-corrected chi connectivity index (χ0v) is 16.3. The van der Waals surface area contributed by atoms with Crippen LogP contribution >= 0.6 is 0 Å². The molecule has 1 aromatic rings. The number of hydrogen-bond acceptors (Lipinski definition) is 5. The van der Waals surface area contributed by atoms with Crippen LogP contribution in [0.4, 0.5) is 5.95 Å². The highest BCUT2D eigenvalue weighted by molar-refractivity contribution is 5.78. The molecule has 1 amide bonds. The number of aromatic nitrogens is 2. The van der Waals surface area contributed by atoms with Crippen molar-refractivity contribution >= 4 is 11.9 Å². The average Bonchev–Trinajstić information content (AvgIpc) is 3.19. The van der Waals surface area contributed by atoms with Crippen molar-refractivity contribution in [3.63, 3.8) is 0 Å². The SMILES string of the molecule is C[C@H]1CCCC[C@H]1NC(=O)CN1CCc2nc(N3CCCC3)[nH]c(=O)c2C1. The molecule has 1 aromatic heterocycles. The Morgan fingerprint density at radius 2 is 1.96 bits per heavy atom. The number of nitrogens with zero attached hydrogens (tertiary/aromatic N) is 3. The molecular weight excluding hydrogens is 342 g/mol. The van der Waals surface area contributed by atoms with Gasteiger partial charge >= 0.3 is 0 Å². The quantitative estimate of drug-likeness (QED) is 0.834. The van der Waals surface area contributed by atoms with E-state index in [-0.39, 0.29) is 11.5 Å². The third-order valence-corrected chi connectivity index (χ3v) is 6.37. The highest BCUT2D eigenvalue weighted by Crippen LogP contribution is 2.24. The van der Waals surface area contributed by atoms with E-state index < -0.39 is 0 Å². The molecule has 0 unspecified atom stereocenters. The molecule has 148 valence electrons. The minimum Gasteiger partial charge on any atom is -0.352 e. The van der Waals surface area contributed by atoms with E-state index in [1.165, 1.54) is 19.3 Å². The van der Waals surface area contributed by atoms with Crippen molar-refractivity contribution in [3.8, 4) is 0 Å². The number of anilines is 1. The Morgan fingerprint density at radius 1 is 1.19 bits per heavy atom. The van der Waals surface area contributed by atoms with Gasteiger partial charge in [-0.3, -0.25) is 19.5 Å². The first kappa shape index (κ1) is 18.5. The number of amides is 1. The first-order valence-electron chi connectivity index (χ1n) is 10.5. The molecule has 2 N–H and O–H groups in total. The molecule has 27 heavy (non-hydrogen) atoms. The highest BCUT2D eigenvalue weighted by atomic mass is 16.2. The molecule has 1 aliphatic carbocycles. The molecule has 0 aromatic carbocycles. The van der Waals surface area contributed by atoms with Gasteiger partial charge in [-0.15, -0.1) is 0 Å². The van der Waals surface area contributed by atoms with Crippen molar-refractivity contribution in [2.45, 2.75) is 64.5 Å². The van der Waals surface area contributed by atoms with Crippen LogP contribution < -0.4 is 15.8 Å². The Bertz CT molecular complexity index is 740. The standard InChI is InChI=1S/C20H31N5O2/c1-14-6-2-3-7-16(14)21-18(26)13-24-11-8-17-15(12-24)19(27)23-20(22-17)25-9-4-5-10-25/h14,16H,2-13H2,1H3,(H,21,26)(H,22,23,27)/t14-,16+/m0/s1. The van der Waals surface area contributed by atoms with E-state index in [0.29, 0.717) is 31.0 Å². The Labute approximate surface area is 160 Å². The predicted molar refractivity (Wildman–Crippen MR) is 105 cm³/mol. The monoisotopic (exact) mass is 373 g/mol. The van der Waals surface area contributed by atoms with Gasteiger partial charge in [-0.05, 0) is 31.6 Å². The average molecular weight is 374 g/mol. The van der Waals surface area contributed by atoms with Gasteiger partial charge in [0.25, 0.3) is 5.56 Å². The van der Waals surface area contributed by atoms with E-state index >= 15 is 0 Å². The predicted octanol–water partition coefficient (Wildman–Crippen LogP) is 1.42. The molecule has 1 saturated carbocycles. The van der Waals surface area contributed by atoms with E-state index in [9.17, 15) is 9.59 Å². The van der Waals surface area contributed by atoms with Crippen LogP contribution in [0, 0.1) is 5.92 Å². The summed E-state index contributed by atoms with van der Waals surface area (Å²) in [5.41, 5.74) is 1.58. The van der Waals surface area contributed by atoms with Crippen molar-refractivity contribution < 1.29 is 4.79 Å². The van der Waals surface area contributed by atoms with Gasteiger partial charge in [-0.2, -0.15) is 0 Å². The van der Waals surface area contributed by atoms with Gasteiger partial charge in [0.15, 0.2) is 0 Å².